The summed E-state index contributed by atoms with van der Waals surface area (Å²) < 4.78 is 0. The maximum absolute atomic E-state index is 11.4. The number of hydrogen-bond acceptors (Lipinski definition) is 2. The summed E-state index contributed by atoms with van der Waals surface area (Å²) in [6.45, 7) is 6.82. The highest BCUT2D eigenvalue weighted by Crippen LogP contribution is 2.11. The second-order valence-electron chi connectivity index (χ2n) is 4.52. The van der Waals surface area contributed by atoms with Crippen LogP contribution in [0.2, 0.25) is 0 Å². The maximum atomic E-state index is 11.4. The molecule has 0 aliphatic heterocycles. The molecule has 0 bridgehead atoms. The molecular formula is C11H20N2O. The van der Waals surface area contributed by atoms with Crippen molar-refractivity contribution in [2.24, 2.45) is 5.41 Å². The molecule has 0 saturated carbocycles. The average Bonchev–Trinajstić information content (AvgIpc) is 2.01. The lowest BCUT2D eigenvalue weighted by molar-refractivity contribution is -0.128. The van der Waals surface area contributed by atoms with Gasteiger partial charge >= 0.3 is 0 Å². The predicted octanol–water partition coefficient (Wildman–Crippen LogP) is 0.714. The Labute approximate surface area is 86.9 Å². The van der Waals surface area contributed by atoms with E-state index in [-0.39, 0.29) is 11.3 Å². The molecule has 0 fully saturated rings. The van der Waals surface area contributed by atoms with Gasteiger partial charge in [0.15, 0.2) is 0 Å². The summed E-state index contributed by atoms with van der Waals surface area (Å²) in [5.41, 5.74) is -0.330. The topological polar surface area (TPSA) is 32.3 Å². The van der Waals surface area contributed by atoms with E-state index in [1.54, 1.807) is 0 Å². The first-order valence-corrected chi connectivity index (χ1v) is 4.73. The zero-order valence-electron chi connectivity index (χ0n) is 9.77. The van der Waals surface area contributed by atoms with Crippen LogP contribution in [-0.2, 0) is 4.79 Å². The van der Waals surface area contributed by atoms with Crippen LogP contribution in [0.3, 0.4) is 0 Å². The van der Waals surface area contributed by atoms with Crippen molar-refractivity contribution in [1.82, 2.24) is 10.2 Å². The Morgan fingerprint density at radius 1 is 1.29 bits per heavy atom. The first-order chi connectivity index (χ1) is 6.34. The Bertz CT molecular complexity index is 240. The monoisotopic (exact) mass is 196 g/mol. The summed E-state index contributed by atoms with van der Waals surface area (Å²) in [6.07, 6.45) is 0. The predicted molar refractivity (Wildman–Crippen MR) is 58.8 cm³/mol. The van der Waals surface area contributed by atoms with Crippen molar-refractivity contribution >= 4 is 5.91 Å². The lowest BCUT2D eigenvalue weighted by Gasteiger charge is -2.16. The van der Waals surface area contributed by atoms with Gasteiger partial charge < -0.3 is 5.32 Å². The Hall–Kier alpha value is -1.01. The summed E-state index contributed by atoms with van der Waals surface area (Å²) in [6, 6.07) is 0. The largest absolute Gasteiger partial charge is 0.345 e. The summed E-state index contributed by atoms with van der Waals surface area (Å²) in [7, 11) is 3.92. The SMILES string of the molecule is CN(C)CC#CCNC(=O)C(C)(C)C. The molecule has 1 N–H and O–H groups in total. The van der Waals surface area contributed by atoms with E-state index in [1.165, 1.54) is 0 Å². The molecule has 0 aliphatic rings. The van der Waals surface area contributed by atoms with Crippen LogP contribution in [0.15, 0.2) is 0 Å². The Morgan fingerprint density at radius 2 is 1.86 bits per heavy atom. The summed E-state index contributed by atoms with van der Waals surface area (Å²) in [5, 5.41) is 2.77. The van der Waals surface area contributed by atoms with E-state index in [0.29, 0.717) is 6.54 Å². The molecule has 0 saturated heterocycles. The maximum Gasteiger partial charge on any atom is 0.226 e. The number of hydrogen-bond donors (Lipinski definition) is 1. The molecule has 0 aliphatic carbocycles. The summed E-state index contributed by atoms with van der Waals surface area (Å²) in [5.74, 6) is 5.89. The van der Waals surface area contributed by atoms with Crippen LogP contribution < -0.4 is 5.32 Å². The molecule has 0 aromatic rings. The number of nitrogens with one attached hydrogen (secondary N) is 1. The van der Waals surface area contributed by atoms with Gasteiger partial charge in [0.2, 0.25) is 5.91 Å². The van der Waals surface area contributed by atoms with Crippen molar-refractivity contribution < 1.29 is 4.79 Å². The third-order valence-corrected chi connectivity index (χ3v) is 1.54. The Balaban J connectivity index is 3.73. The van der Waals surface area contributed by atoms with Gasteiger partial charge in [-0.2, -0.15) is 0 Å². The highest BCUT2D eigenvalue weighted by Gasteiger charge is 2.19. The fourth-order valence-corrected chi connectivity index (χ4v) is 0.666. The van der Waals surface area contributed by atoms with Crippen LogP contribution in [0.1, 0.15) is 20.8 Å². The van der Waals surface area contributed by atoms with E-state index < -0.39 is 0 Å². The molecule has 3 heteroatoms. The highest BCUT2D eigenvalue weighted by atomic mass is 16.2. The molecule has 0 unspecified atom stereocenters. The molecule has 0 radical (unpaired) electrons. The van der Waals surface area contributed by atoms with Gasteiger partial charge in [-0.1, -0.05) is 32.6 Å². The lowest BCUT2D eigenvalue weighted by atomic mass is 9.96. The standard InChI is InChI=1S/C11H20N2O/c1-11(2,3)10(14)12-8-6-7-9-13(4)5/h8-9H2,1-5H3,(H,12,14). The molecule has 0 aromatic carbocycles. The van der Waals surface area contributed by atoms with Crippen LogP contribution in [-0.4, -0.2) is 38.0 Å². The van der Waals surface area contributed by atoms with Gasteiger partial charge in [0.1, 0.15) is 0 Å². The molecular weight excluding hydrogens is 176 g/mol. The van der Waals surface area contributed by atoms with E-state index in [2.05, 4.69) is 17.2 Å². The first kappa shape index (κ1) is 13.0. The molecule has 80 valence electrons. The van der Waals surface area contributed by atoms with Gasteiger partial charge in [-0.3, -0.25) is 9.69 Å². The zero-order valence-corrected chi connectivity index (χ0v) is 9.77. The van der Waals surface area contributed by atoms with Gasteiger partial charge in [0, 0.05) is 5.41 Å². The summed E-state index contributed by atoms with van der Waals surface area (Å²) >= 11 is 0. The third-order valence-electron chi connectivity index (χ3n) is 1.54. The van der Waals surface area contributed by atoms with Crippen LogP contribution in [0.25, 0.3) is 0 Å². The molecule has 0 atom stereocenters. The molecule has 14 heavy (non-hydrogen) atoms. The Morgan fingerprint density at radius 3 is 2.29 bits per heavy atom. The number of rotatable bonds is 2. The minimum absolute atomic E-state index is 0.0386. The second kappa shape index (κ2) is 5.66. The number of carbonyl (C=O) groups excluding carboxylic acids is 1. The van der Waals surface area contributed by atoms with Crippen LogP contribution >= 0.6 is 0 Å². The molecule has 1 amide bonds. The van der Waals surface area contributed by atoms with Gasteiger partial charge in [0.05, 0.1) is 13.1 Å². The van der Waals surface area contributed by atoms with E-state index in [1.807, 2.05) is 39.8 Å². The van der Waals surface area contributed by atoms with Gasteiger partial charge in [-0.05, 0) is 14.1 Å². The molecule has 0 rings (SSSR count). The molecule has 0 heterocycles. The fourth-order valence-electron chi connectivity index (χ4n) is 0.666. The van der Waals surface area contributed by atoms with Crippen LogP contribution in [0, 0.1) is 17.3 Å². The quantitative estimate of drug-likeness (QED) is 0.660. The number of carbonyl (C=O) groups is 1. The second-order valence-corrected chi connectivity index (χ2v) is 4.52. The zero-order chi connectivity index (χ0) is 11.2. The van der Waals surface area contributed by atoms with E-state index in [4.69, 9.17) is 0 Å². The van der Waals surface area contributed by atoms with Crippen molar-refractivity contribution in [3.63, 3.8) is 0 Å². The Kier molecular flexibility index (Phi) is 5.26. The highest BCUT2D eigenvalue weighted by molar-refractivity contribution is 5.81. The van der Waals surface area contributed by atoms with Crippen molar-refractivity contribution in [1.29, 1.82) is 0 Å². The van der Waals surface area contributed by atoms with E-state index >= 15 is 0 Å². The minimum Gasteiger partial charge on any atom is -0.345 e. The van der Waals surface area contributed by atoms with Gasteiger partial charge in [-0.15, -0.1) is 0 Å². The van der Waals surface area contributed by atoms with Crippen molar-refractivity contribution in [2.75, 3.05) is 27.2 Å². The smallest absolute Gasteiger partial charge is 0.226 e. The number of amides is 1. The van der Waals surface area contributed by atoms with Gasteiger partial charge in [0.25, 0.3) is 0 Å². The first-order valence-electron chi connectivity index (χ1n) is 4.73. The van der Waals surface area contributed by atoms with E-state index in [9.17, 15) is 4.79 Å². The minimum atomic E-state index is -0.330. The van der Waals surface area contributed by atoms with E-state index in [0.717, 1.165) is 6.54 Å². The van der Waals surface area contributed by atoms with Crippen molar-refractivity contribution in [2.45, 2.75) is 20.8 Å². The van der Waals surface area contributed by atoms with Crippen LogP contribution in [0.5, 0.6) is 0 Å². The molecule has 3 nitrogen and oxygen atoms in total. The number of nitrogens with zero attached hydrogens (tertiary/aromatic N) is 1. The lowest BCUT2D eigenvalue weighted by Crippen LogP contribution is -2.34. The van der Waals surface area contributed by atoms with Gasteiger partial charge in [-0.25, -0.2) is 0 Å². The summed E-state index contributed by atoms with van der Waals surface area (Å²) in [4.78, 5) is 13.4. The fraction of sp³-hybridized carbons (Fsp3) is 0.727. The normalized spacial score (nSPS) is 10.7. The average molecular weight is 196 g/mol. The third kappa shape index (κ3) is 6.50. The molecule has 0 spiro atoms. The van der Waals surface area contributed by atoms with Crippen molar-refractivity contribution in [3.8, 4) is 11.8 Å². The van der Waals surface area contributed by atoms with Crippen LogP contribution in [0.4, 0.5) is 0 Å². The van der Waals surface area contributed by atoms with Crippen molar-refractivity contribution in [3.05, 3.63) is 0 Å². The molecule has 0 aromatic heterocycles.